The maximum Gasteiger partial charge on any atom is 0.254 e. The van der Waals surface area contributed by atoms with Gasteiger partial charge < -0.3 is 15.2 Å². The first-order valence-electron chi connectivity index (χ1n) is 12.7. The number of amides is 1. The van der Waals surface area contributed by atoms with Crippen molar-refractivity contribution < 1.29 is 4.79 Å². The standard InChI is InChI=1S/C31H36N4O/c1-24(2)31(3,35(21-13-20-32)29(36)27-18-11-6-12-19-27)30-33-28(26-16-9-5-10-17-26)23-34(30)22-25-14-7-4-8-15-25/h4-12,14-19,23-24H,13,20-22,32H2,1-3H3/t31-/m0/s1. The molecule has 0 saturated heterocycles. The van der Waals surface area contributed by atoms with Crippen molar-refractivity contribution in [1.82, 2.24) is 14.5 Å². The Kier molecular flexibility index (Phi) is 8.01. The van der Waals surface area contributed by atoms with Gasteiger partial charge in [0.2, 0.25) is 0 Å². The molecule has 2 N–H and O–H groups in total. The summed E-state index contributed by atoms with van der Waals surface area (Å²) in [4.78, 5) is 21.2. The summed E-state index contributed by atoms with van der Waals surface area (Å²) in [7, 11) is 0. The highest BCUT2D eigenvalue weighted by Crippen LogP contribution is 2.38. The van der Waals surface area contributed by atoms with Crippen molar-refractivity contribution in [3.8, 4) is 11.3 Å². The third kappa shape index (κ3) is 5.26. The molecule has 0 unspecified atom stereocenters. The molecular formula is C31H36N4O. The van der Waals surface area contributed by atoms with Crippen LogP contribution in [0.15, 0.2) is 97.2 Å². The topological polar surface area (TPSA) is 64.2 Å². The summed E-state index contributed by atoms with van der Waals surface area (Å²) in [6.45, 7) is 8.21. The molecule has 0 aliphatic heterocycles. The number of benzene rings is 3. The summed E-state index contributed by atoms with van der Waals surface area (Å²) in [6.07, 6.45) is 2.83. The molecule has 5 heteroatoms. The average molecular weight is 481 g/mol. The first kappa shape index (κ1) is 25.4. The van der Waals surface area contributed by atoms with E-state index in [1.54, 1.807) is 0 Å². The van der Waals surface area contributed by atoms with Gasteiger partial charge in [-0.15, -0.1) is 0 Å². The molecular weight excluding hydrogens is 444 g/mol. The van der Waals surface area contributed by atoms with Gasteiger partial charge in [-0.1, -0.05) is 92.7 Å². The lowest BCUT2D eigenvalue weighted by Crippen LogP contribution is -2.53. The Bertz CT molecular complexity index is 1250. The highest BCUT2D eigenvalue weighted by atomic mass is 16.2. The lowest BCUT2D eigenvalue weighted by molar-refractivity contribution is 0.0306. The number of hydrogen-bond acceptors (Lipinski definition) is 3. The molecule has 0 spiro atoms. The van der Waals surface area contributed by atoms with E-state index in [4.69, 9.17) is 10.7 Å². The van der Waals surface area contributed by atoms with Crippen LogP contribution < -0.4 is 5.73 Å². The molecule has 0 bridgehead atoms. The van der Waals surface area contributed by atoms with E-state index >= 15 is 0 Å². The zero-order valence-electron chi connectivity index (χ0n) is 21.5. The van der Waals surface area contributed by atoms with Crippen molar-refractivity contribution in [2.75, 3.05) is 13.1 Å². The van der Waals surface area contributed by atoms with Crippen molar-refractivity contribution in [2.45, 2.75) is 39.3 Å². The molecule has 36 heavy (non-hydrogen) atoms. The molecule has 0 aliphatic rings. The Morgan fingerprint density at radius 2 is 1.53 bits per heavy atom. The van der Waals surface area contributed by atoms with Gasteiger partial charge in [0, 0.05) is 30.4 Å². The molecule has 1 heterocycles. The predicted molar refractivity (Wildman–Crippen MR) is 147 cm³/mol. The fourth-order valence-electron chi connectivity index (χ4n) is 4.69. The molecule has 1 amide bonds. The second-order valence-electron chi connectivity index (χ2n) is 9.70. The SMILES string of the molecule is CC(C)[C@@](C)(c1nc(-c2ccccc2)cn1Cc1ccccc1)N(CCCN)C(=O)c1ccccc1. The lowest BCUT2D eigenvalue weighted by atomic mass is 9.84. The van der Waals surface area contributed by atoms with Crippen molar-refractivity contribution in [1.29, 1.82) is 0 Å². The van der Waals surface area contributed by atoms with Gasteiger partial charge in [0.1, 0.15) is 11.4 Å². The van der Waals surface area contributed by atoms with Crippen molar-refractivity contribution in [2.24, 2.45) is 11.7 Å². The van der Waals surface area contributed by atoms with Crippen molar-refractivity contribution >= 4 is 5.91 Å². The quantitative estimate of drug-likeness (QED) is 0.305. The number of aromatic nitrogens is 2. The van der Waals surface area contributed by atoms with Crippen molar-refractivity contribution in [3.05, 3.63) is 114 Å². The Morgan fingerprint density at radius 1 is 0.944 bits per heavy atom. The first-order chi connectivity index (χ1) is 17.4. The largest absolute Gasteiger partial charge is 0.330 e. The van der Waals surface area contributed by atoms with E-state index in [1.807, 2.05) is 59.5 Å². The predicted octanol–water partition coefficient (Wildman–Crippen LogP) is 5.96. The number of carbonyl (C=O) groups excluding carboxylic acids is 1. The second-order valence-corrected chi connectivity index (χ2v) is 9.70. The number of nitrogens with two attached hydrogens (primary N) is 1. The summed E-state index contributed by atoms with van der Waals surface area (Å²) in [5, 5.41) is 0. The van der Waals surface area contributed by atoms with Gasteiger partial charge in [0.15, 0.2) is 0 Å². The minimum absolute atomic E-state index is 0.00391. The summed E-state index contributed by atoms with van der Waals surface area (Å²) >= 11 is 0. The zero-order chi connectivity index (χ0) is 25.5. The van der Waals surface area contributed by atoms with Gasteiger partial charge >= 0.3 is 0 Å². The van der Waals surface area contributed by atoms with Gasteiger partial charge in [-0.3, -0.25) is 4.79 Å². The van der Waals surface area contributed by atoms with Crippen molar-refractivity contribution in [3.63, 3.8) is 0 Å². The summed E-state index contributed by atoms with van der Waals surface area (Å²) < 4.78 is 2.21. The maximum absolute atomic E-state index is 14.0. The zero-order valence-corrected chi connectivity index (χ0v) is 21.5. The van der Waals surface area contributed by atoms with Crippen LogP contribution in [0.1, 0.15) is 48.9 Å². The Morgan fingerprint density at radius 3 is 2.11 bits per heavy atom. The van der Waals surface area contributed by atoms with Crippen LogP contribution in [0.3, 0.4) is 0 Å². The molecule has 0 aliphatic carbocycles. The van der Waals surface area contributed by atoms with Crippen LogP contribution in [-0.2, 0) is 12.1 Å². The van der Waals surface area contributed by atoms with Crippen LogP contribution in [0.25, 0.3) is 11.3 Å². The number of imidazole rings is 1. The molecule has 0 fully saturated rings. The number of carbonyl (C=O) groups is 1. The van der Waals surface area contributed by atoms with E-state index in [0.717, 1.165) is 17.1 Å². The van der Waals surface area contributed by atoms with Gasteiger partial charge in [-0.2, -0.15) is 0 Å². The first-order valence-corrected chi connectivity index (χ1v) is 12.7. The number of hydrogen-bond donors (Lipinski definition) is 1. The van der Waals surface area contributed by atoms with Gasteiger partial charge in [-0.25, -0.2) is 4.98 Å². The lowest BCUT2D eigenvalue weighted by Gasteiger charge is -2.44. The number of rotatable bonds is 10. The summed E-state index contributed by atoms with van der Waals surface area (Å²) in [5.74, 6) is 0.973. The molecule has 4 rings (SSSR count). The third-order valence-corrected chi connectivity index (χ3v) is 7.03. The van der Waals surface area contributed by atoms with Gasteiger partial charge in [0.05, 0.1) is 5.69 Å². The average Bonchev–Trinajstić information content (AvgIpc) is 3.34. The highest BCUT2D eigenvalue weighted by Gasteiger charge is 2.43. The van der Waals surface area contributed by atoms with Crippen LogP contribution in [0.4, 0.5) is 0 Å². The van der Waals surface area contributed by atoms with Crippen LogP contribution in [0.2, 0.25) is 0 Å². The Hall–Kier alpha value is -3.70. The molecule has 3 aromatic carbocycles. The highest BCUT2D eigenvalue weighted by molar-refractivity contribution is 5.94. The molecule has 0 saturated carbocycles. The van der Waals surface area contributed by atoms with E-state index in [9.17, 15) is 4.79 Å². The van der Waals surface area contributed by atoms with Gasteiger partial charge in [-0.05, 0) is 43.5 Å². The van der Waals surface area contributed by atoms with E-state index in [2.05, 4.69) is 67.9 Å². The van der Waals surface area contributed by atoms with Crippen LogP contribution >= 0.6 is 0 Å². The second kappa shape index (κ2) is 11.4. The van der Waals surface area contributed by atoms with E-state index in [-0.39, 0.29) is 11.8 Å². The monoisotopic (exact) mass is 480 g/mol. The number of nitrogens with zero attached hydrogens (tertiary/aromatic N) is 3. The summed E-state index contributed by atoms with van der Waals surface area (Å²) in [5.41, 5.74) is 9.08. The molecule has 0 radical (unpaired) electrons. The molecule has 4 aromatic rings. The van der Waals surface area contributed by atoms with Gasteiger partial charge in [0.25, 0.3) is 5.91 Å². The minimum Gasteiger partial charge on any atom is -0.330 e. The van der Waals surface area contributed by atoms with Crippen LogP contribution in [0.5, 0.6) is 0 Å². The molecule has 5 nitrogen and oxygen atoms in total. The fourth-order valence-corrected chi connectivity index (χ4v) is 4.69. The Labute approximate surface area is 214 Å². The normalized spacial score (nSPS) is 12.9. The Balaban J connectivity index is 1.88. The van der Waals surface area contributed by atoms with Crippen LogP contribution in [0, 0.1) is 5.92 Å². The molecule has 1 aromatic heterocycles. The summed E-state index contributed by atoms with van der Waals surface area (Å²) in [6, 6.07) is 30.1. The van der Waals surface area contributed by atoms with E-state index < -0.39 is 5.54 Å². The smallest absolute Gasteiger partial charge is 0.254 e. The van der Waals surface area contributed by atoms with E-state index in [0.29, 0.717) is 31.6 Å². The molecule has 1 atom stereocenters. The third-order valence-electron chi connectivity index (χ3n) is 7.03. The van der Waals surface area contributed by atoms with E-state index in [1.165, 1.54) is 5.56 Å². The fraction of sp³-hybridized carbons (Fsp3) is 0.290. The minimum atomic E-state index is -0.663. The maximum atomic E-state index is 14.0. The molecule has 186 valence electrons. The van der Waals surface area contributed by atoms with Crippen LogP contribution in [-0.4, -0.2) is 33.4 Å².